The van der Waals surface area contributed by atoms with Crippen molar-refractivity contribution in [2.24, 2.45) is 4.99 Å². The predicted molar refractivity (Wildman–Crippen MR) is 94.9 cm³/mol. The fourth-order valence-electron chi connectivity index (χ4n) is 2.48. The fraction of sp³-hybridized carbons (Fsp3) is 0.800. The van der Waals surface area contributed by atoms with Crippen LogP contribution in [0.1, 0.15) is 31.9 Å². The first-order chi connectivity index (χ1) is 11.2. The molecule has 23 heavy (non-hydrogen) atoms. The lowest BCUT2D eigenvalue weighted by molar-refractivity contribution is 0.177. The second-order valence-electron chi connectivity index (χ2n) is 5.71. The lowest BCUT2D eigenvalue weighted by Gasteiger charge is -2.25. The minimum absolute atomic E-state index is 0.321. The summed E-state index contributed by atoms with van der Waals surface area (Å²) < 4.78 is 7.10. The number of nitrogens with one attached hydrogen (secondary N) is 2. The number of aryl methyl sites for hydroxylation is 1. The molecule has 7 nitrogen and oxygen atoms in total. The van der Waals surface area contributed by atoms with E-state index in [2.05, 4.69) is 45.8 Å². The van der Waals surface area contributed by atoms with Crippen molar-refractivity contribution in [2.45, 2.75) is 51.1 Å². The molecule has 0 bridgehead atoms. The van der Waals surface area contributed by atoms with Gasteiger partial charge in [0, 0.05) is 31.4 Å². The Morgan fingerprint density at radius 1 is 1.57 bits per heavy atom. The normalized spacial score (nSPS) is 19.3. The summed E-state index contributed by atoms with van der Waals surface area (Å²) in [6.07, 6.45) is 4.08. The number of hydrogen-bond acceptors (Lipinski definition) is 5. The molecule has 0 amide bonds. The molecule has 130 valence electrons. The van der Waals surface area contributed by atoms with Crippen molar-refractivity contribution in [1.82, 2.24) is 25.4 Å². The Hall–Kier alpha value is -1.28. The van der Waals surface area contributed by atoms with Crippen LogP contribution in [0, 0.1) is 0 Å². The average Bonchev–Trinajstić information content (AvgIpc) is 2.94. The largest absolute Gasteiger partial charge is 0.377 e. The van der Waals surface area contributed by atoms with Gasteiger partial charge < -0.3 is 15.4 Å². The Morgan fingerprint density at radius 3 is 3.09 bits per heavy atom. The van der Waals surface area contributed by atoms with Crippen molar-refractivity contribution >= 4 is 17.7 Å². The summed E-state index contributed by atoms with van der Waals surface area (Å²) in [6.45, 7) is 7.23. The lowest BCUT2D eigenvalue weighted by Crippen LogP contribution is -2.47. The Kier molecular flexibility index (Phi) is 7.16. The highest BCUT2D eigenvalue weighted by atomic mass is 32.2. The number of thioether (sulfide) groups is 1. The molecule has 2 atom stereocenters. The number of rotatable bonds is 7. The highest BCUT2D eigenvalue weighted by Gasteiger charge is 2.22. The number of ether oxygens (including phenoxy) is 1. The van der Waals surface area contributed by atoms with Gasteiger partial charge in [-0.1, -0.05) is 6.92 Å². The molecule has 1 aliphatic heterocycles. The van der Waals surface area contributed by atoms with Gasteiger partial charge in [0.1, 0.15) is 12.4 Å². The Labute approximate surface area is 142 Å². The van der Waals surface area contributed by atoms with Crippen LogP contribution in [0.15, 0.2) is 4.99 Å². The summed E-state index contributed by atoms with van der Waals surface area (Å²) in [6, 6.07) is 0.321. The number of hydrogen-bond donors (Lipinski definition) is 2. The van der Waals surface area contributed by atoms with Crippen molar-refractivity contribution in [3.63, 3.8) is 0 Å². The Bertz CT molecular complexity index is 518. The summed E-state index contributed by atoms with van der Waals surface area (Å²) in [7, 11) is 1.67. The van der Waals surface area contributed by atoms with Crippen molar-refractivity contribution in [1.29, 1.82) is 0 Å². The minimum Gasteiger partial charge on any atom is -0.377 e. The van der Waals surface area contributed by atoms with Crippen LogP contribution in [0.2, 0.25) is 0 Å². The number of aromatic nitrogens is 3. The molecule has 0 fully saturated rings. The fourth-order valence-corrected chi connectivity index (χ4v) is 2.70. The average molecular weight is 340 g/mol. The summed E-state index contributed by atoms with van der Waals surface area (Å²) in [5.41, 5.74) is 0. The van der Waals surface area contributed by atoms with Gasteiger partial charge in [-0.05, 0) is 19.6 Å². The van der Waals surface area contributed by atoms with E-state index in [0.29, 0.717) is 17.9 Å². The van der Waals surface area contributed by atoms with Crippen molar-refractivity contribution in [3.8, 4) is 0 Å². The van der Waals surface area contributed by atoms with E-state index in [1.165, 1.54) is 0 Å². The first-order valence-electron chi connectivity index (χ1n) is 8.15. The second-order valence-corrected chi connectivity index (χ2v) is 6.98. The molecule has 0 saturated heterocycles. The van der Waals surface area contributed by atoms with E-state index in [-0.39, 0.29) is 0 Å². The number of aliphatic imine (C=N–C) groups is 1. The van der Waals surface area contributed by atoms with E-state index >= 15 is 0 Å². The van der Waals surface area contributed by atoms with Crippen LogP contribution in [-0.2, 0) is 24.3 Å². The first kappa shape index (κ1) is 18.1. The molecule has 2 N–H and O–H groups in total. The van der Waals surface area contributed by atoms with Crippen molar-refractivity contribution < 1.29 is 4.74 Å². The zero-order chi connectivity index (χ0) is 16.7. The molecule has 2 rings (SSSR count). The maximum atomic E-state index is 5.11. The van der Waals surface area contributed by atoms with E-state index in [1.807, 2.05) is 16.4 Å². The van der Waals surface area contributed by atoms with Crippen LogP contribution >= 0.6 is 11.8 Å². The molecule has 0 radical (unpaired) electrons. The molecule has 1 aromatic heterocycles. The van der Waals surface area contributed by atoms with E-state index in [1.54, 1.807) is 7.11 Å². The minimum atomic E-state index is 0.321. The van der Waals surface area contributed by atoms with Crippen LogP contribution in [-0.4, -0.2) is 58.5 Å². The number of nitrogens with zero attached hydrogens (tertiary/aromatic N) is 4. The smallest absolute Gasteiger partial charge is 0.191 e. The van der Waals surface area contributed by atoms with Gasteiger partial charge in [0.05, 0.1) is 13.1 Å². The van der Waals surface area contributed by atoms with Crippen molar-refractivity contribution in [3.05, 3.63) is 11.6 Å². The maximum Gasteiger partial charge on any atom is 0.191 e. The molecule has 0 saturated carbocycles. The highest BCUT2D eigenvalue weighted by Crippen LogP contribution is 2.13. The molecular formula is C15H28N6OS. The van der Waals surface area contributed by atoms with E-state index in [4.69, 9.17) is 4.74 Å². The first-order valence-corrected chi connectivity index (χ1v) is 9.44. The molecular weight excluding hydrogens is 312 g/mol. The highest BCUT2D eigenvalue weighted by molar-refractivity contribution is 7.99. The van der Waals surface area contributed by atoms with Crippen LogP contribution in [0.3, 0.4) is 0 Å². The predicted octanol–water partition coefficient (Wildman–Crippen LogP) is 1.05. The van der Waals surface area contributed by atoms with Crippen LogP contribution in [0.5, 0.6) is 0 Å². The molecule has 8 heteroatoms. The van der Waals surface area contributed by atoms with E-state index in [0.717, 1.165) is 50.1 Å². The van der Waals surface area contributed by atoms with Gasteiger partial charge in [-0.25, -0.2) is 9.67 Å². The monoisotopic (exact) mass is 340 g/mol. The number of methoxy groups -OCH3 is 1. The Balaban J connectivity index is 1.95. The third-order valence-corrected chi connectivity index (χ3v) is 4.72. The molecule has 2 heterocycles. The maximum absolute atomic E-state index is 5.11. The molecule has 2 unspecified atom stereocenters. The summed E-state index contributed by atoms with van der Waals surface area (Å²) in [5, 5.41) is 11.9. The SMILES string of the molecule is CCNC(=NCC(C)SC)NC1CCc2nc(COC)nn2C1. The van der Waals surface area contributed by atoms with Crippen molar-refractivity contribution in [2.75, 3.05) is 26.5 Å². The second kappa shape index (κ2) is 9.12. The topological polar surface area (TPSA) is 76.4 Å². The van der Waals surface area contributed by atoms with Gasteiger partial charge in [0.25, 0.3) is 0 Å². The third-order valence-electron chi connectivity index (χ3n) is 3.77. The molecule has 0 spiro atoms. The molecule has 0 aliphatic carbocycles. The third kappa shape index (κ3) is 5.39. The van der Waals surface area contributed by atoms with Gasteiger partial charge in [0.2, 0.25) is 0 Å². The summed E-state index contributed by atoms with van der Waals surface area (Å²) in [5.74, 6) is 2.70. The summed E-state index contributed by atoms with van der Waals surface area (Å²) in [4.78, 5) is 9.19. The molecule has 1 aliphatic rings. The zero-order valence-electron chi connectivity index (χ0n) is 14.5. The Morgan fingerprint density at radius 2 is 2.39 bits per heavy atom. The number of fused-ring (bicyclic) bond motifs is 1. The summed E-state index contributed by atoms with van der Waals surface area (Å²) >= 11 is 1.83. The van der Waals surface area contributed by atoms with Gasteiger partial charge in [-0.15, -0.1) is 0 Å². The number of guanidine groups is 1. The molecule has 0 aromatic carbocycles. The van der Waals surface area contributed by atoms with Crippen LogP contribution in [0.4, 0.5) is 0 Å². The quantitative estimate of drug-likeness (QED) is 0.571. The lowest BCUT2D eigenvalue weighted by atomic mass is 10.1. The van der Waals surface area contributed by atoms with Gasteiger partial charge in [0.15, 0.2) is 11.8 Å². The van der Waals surface area contributed by atoms with E-state index in [9.17, 15) is 0 Å². The van der Waals surface area contributed by atoms with E-state index < -0.39 is 0 Å². The van der Waals surface area contributed by atoms with Crippen LogP contribution in [0.25, 0.3) is 0 Å². The van der Waals surface area contributed by atoms with Gasteiger partial charge >= 0.3 is 0 Å². The van der Waals surface area contributed by atoms with Crippen LogP contribution < -0.4 is 10.6 Å². The van der Waals surface area contributed by atoms with Gasteiger partial charge in [-0.3, -0.25) is 4.99 Å². The van der Waals surface area contributed by atoms with Gasteiger partial charge in [-0.2, -0.15) is 16.9 Å². The zero-order valence-corrected chi connectivity index (χ0v) is 15.3. The molecule has 1 aromatic rings. The standard InChI is InChI=1S/C15H28N6OS/c1-5-16-15(17-8-11(2)23-4)18-12-6-7-14-19-13(10-22-3)20-21(14)9-12/h11-12H,5-10H2,1-4H3,(H2,16,17,18).